The number of aryl methyl sites for hydroxylation is 2. The van der Waals surface area contributed by atoms with Crippen molar-refractivity contribution in [1.82, 2.24) is 0 Å². The molecule has 0 amide bonds. The van der Waals surface area contributed by atoms with Crippen LogP contribution < -0.4 is 0 Å². The molecule has 0 spiro atoms. The predicted molar refractivity (Wildman–Crippen MR) is 199 cm³/mol. The van der Waals surface area contributed by atoms with Gasteiger partial charge in [-0.15, -0.1) is 0 Å². The van der Waals surface area contributed by atoms with E-state index in [1.807, 2.05) is 53.7 Å². The van der Waals surface area contributed by atoms with Gasteiger partial charge in [0.15, 0.2) is 9.84 Å². The molecule has 4 aromatic carbocycles. The van der Waals surface area contributed by atoms with Crippen LogP contribution in [0.4, 0.5) is 0 Å². The van der Waals surface area contributed by atoms with Gasteiger partial charge in [-0.3, -0.25) is 9.59 Å². The molecule has 0 heterocycles. The summed E-state index contributed by atoms with van der Waals surface area (Å²) in [6.45, 7) is 15.0. The summed E-state index contributed by atoms with van der Waals surface area (Å²) >= 11 is 0. The Balaban J connectivity index is 1.61. The van der Waals surface area contributed by atoms with Gasteiger partial charge in [0.1, 0.15) is 24.7 Å². The summed E-state index contributed by atoms with van der Waals surface area (Å²) in [4.78, 5) is 26.9. The van der Waals surface area contributed by atoms with Crippen molar-refractivity contribution < 1.29 is 37.7 Å². The molecule has 0 radical (unpaired) electrons. The highest BCUT2D eigenvalue weighted by Crippen LogP contribution is 2.40. The van der Waals surface area contributed by atoms with Crippen molar-refractivity contribution in [3.8, 4) is 11.5 Å². The summed E-state index contributed by atoms with van der Waals surface area (Å²) in [7, 11) is -4.28. The lowest BCUT2D eigenvalue weighted by Gasteiger charge is -2.25. The van der Waals surface area contributed by atoms with Crippen LogP contribution in [0, 0.1) is 27.7 Å². The number of sulfone groups is 1. The van der Waals surface area contributed by atoms with Crippen molar-refractivity contribution in [2.24, 2.45) is 0 Å². The molecule has 0 fully saturated rings. The highest BCUT2D eigenvalue weighted by atomic mass is 32.2. The molecule has 0 aromatic heterocycles. The van der Waals surface area contributed by atoms with Crippen LogP contribution in [0.15, 0.2) is 72.8 Å². The minimum Gasteiger partial charge on any atom is -0.507 e. The van der Waals surface area contributed by atoms with Gasteiger partial charge in [-0.2, -0.15) is 0 Å². The van der Waals surface area contributed by atoms with Crippen LogP contribution in [0.5, 0.6) is 11.5 Å². The summed E-state index contributed by atoms with van der Waals surface area (Å²) in [6.07, 6.45) is -0.975. The lowest BCUT2D eigenvalue weighted by molar-refractivity contribution is -0.145. The summed E-state index contributed by atoms with van der Waals surface area (Å²) in [5.74, 6) is -0.961. The van der Waals surface area contributed by atoms with Crippen LogP contribution in [0.1, 0.15) is 119 Å². The number of phenolic OH excluding ortho intramolecular Hbond substituents is 2. The normalized spacial score (nSPS) is 12.9. The van der Waals surface area contributed by atoms with Crippen molar-refractivity contribution in [3.05, 3.63) is 128 Å². The van der Waals surface area contributed by atoms with E-state index in [1.165, 1.54) is 0 Å². The number of hydrogen-bond donors (Lipinski definition) is 2. The SMILES string of the molecule is Cc1cc(C(C)C)c(O)c(C)c1COC(=O)CC(c1ccccc1)S(=O)(=O)C(CC(=O)OCc1c(C)cc(C(C)C)c(O)c1C)c1ccccc1. The second-order valence-electron chi connectivity index (χ2n) is 13.9. The van der Waals surface area contributed by atoms with Crippen molar-refractivity contribution >= 4 is 21.8 Å². The summed E-state index contributed by atoms with van der Waals surface area (Å²) in [5.41, 5.74) is 6.63. The molecule has 272 valence electrons. The molecule has 9 heteroatoms. The van der Waals surface area contributed by atoms with Crippen molar-refractivity contribution in [1.29, 1.82) is 0 Å². The monoisotopic (exact) mass is 714 g/mol. The zero-order valence-corrected chi connectivity index (χ0v) is 31.6. The zero-order chi connectivity index (χ0) is 37.6. The van der Waals surface area contributed by atoms with E-state index in [0.717, 1.165) is 22.3 Å². The Hall–Kier alpha value is -4.63. The van der Waals surface area contributed by atoms with Gasteiger partial charge in [-0.25, -0.2) is 8.42 Å². The van der Waals surface area contributed by atoms with Gasteiger partial charge < -0.3 is 19.7 Å². The molecule has 4 aromatic rings. The van der Waals surface area contributed by atoms with Gasteiger partial charge in [0.05, 0.1) is 23.3 Å². The first-order chi connectivity index (χ1) is 24.0. The van der Waals surface area contributed by atoms with E-state index >= 15 is 0 Å². The zero-order valence-electron chi connectivity index (χ0n) is 30.8. The molecule has 0 saturated heterocycles. The molecule has 2 unspecified atom stereocenters. The van der Waals surface area contributed by atoms with Crippen molar-refractivity contribution in [2.45, 2.75) is 104 Å². The number of aromatic hydroxyl groups is 2. The minimum atomic E-state index is -4.28. The highest BCUT2D eigenvalue weighted by molar-refractivity contribution is 7.92. The number of hydrogen-bond acceptors (Lipinski definition) is 8. The Morgan fingerprint density at radius 3 is 1.25 bits per heavy atom. The maximum Gasteiger partial charge on any atom is 0.307 e. The fraction of sp³-hybridized carbons (Fsp3) is 0.381. The third-order valence-corrected chi connectivity index (χ3v) is 12.2. The number of carbonyl (C=O) groups is 2. The third kappa shape index (κ3) is 9.00. The molecular formula is C42H50O8S. The van der Waals surface area contributed by atoms with E-state index in [0.29, 0.717) is 33.4 Å². The number of benzene rings is 4. The van der Waals surface area contributed by atoms with E-state index in [4.69, 9.17) is 9.47 Å². The van der Waals surface area contributed by atoms with Crippen molar-refractivity contribution in [2.75, 3.05) is 0 Å². The van der Waals surface area contributed by atoms with Crippen LogP contribution in [0.25, 0.3) is 0 Å². The van der Waals surface area contributed by atoms with Crippen LogP contribution in [-0.4, -0.2) is 30.6 Å². The number of carbonyl (C=O) groups excluding carboxylic acids is 2. The quantitative estimate of drug-likeness (QED) is 0.124. The maximum atomic E-state index is 14.7. The summed E-state index contributed by atoms with van der Waals surface area (Å²) in [6, 6.07) is 20.6. The Kier molecular flexibility index (Phi) is 12.7. The molecule has 0 saturated carbocycles. The first-order valence-electron chi connectivity index (χ1n) is 17.3. The largest absolute Gasteiger partial charge is 0.507 e. The third-order valence-electron chi connectivity index (χ3n) is 9.70. The summed E-state index contributed by atoms with van der Waals surface area (Å²) in [5, 5.41) is 18.9. The molecule has 0 bridgehead atoms. The lowest BCUT2D eigenvalue weighted by atomic mass is 9.93. The fourth-order valence-electron chi connectivity index (χ4n) is 6.52. The Morgan fingerprint density at radius 1 is 0.608 bits per heavy atom. The molecule has 0 aliphatic heterocycles. The van der Waals surface area contributed by atoms with Gasteiger partial charge in [0, 0.05) is 0 Å². The van der Waals surface area contributed by atoms with E-state index < -0.39 is 45.1 Å². The molecule has 4 rings (SSSR count). The second kappa shape index (κ2) is 16.6. The first kappa shape index (κ1) is 39.2. The molecule has 51 heavy (non-hydrogen) atoms. The van der Waals surface area contributed by atoms with Gasteiger partial charge in [-0.1, -0.05) is 100 Å². The smallest absolute Gasteiger partial charge is 0.307 e. The number of rotatable bonds is 14. The topological polar surface area (TPSA) is 127 Å². The molecule has 8 nitrogen and oxygen atoms in total. The molecule has 0 aliphatic rings. The highest BCUT2D eigenvalue weighted by Gasteiger charge is 2.39. The van der Waals surface area contributed by atoms with Crippen LogP contribution in [0.3, 0.4) is 0 Å². The van der Waals surface area contributed by atoms with Crippen LogP contribution >= 0.6 is 0 Å². The standard InChI is InChI=1S/C42H50O8S/c1-25(2)33-19-27(5)35(29(7)41(33)45)23-49-39(43)21-37(31-15-11-9-12-16-31)51(47,48)38(32-17-13-10-14-18-32)22-40(44)50-24-36-28(6)20-34(26(3)4)42(46)30(36)8/h9-20,25-26,37-38,45-46H,21-24H2,1-8H3. The molecule has 2 N–H and O–H groups in total. The number of esters is 2. The second-order valence-corrected chi connectivity index (χ2v) is 16.2. The van der Waals surface area contributed by atoms with E-state index in [2.05, 4.69) is 0 Å². The van der Waals surface area contributed by atoms with E-state index in [1.54, 1.807) is 74.5 Å². The van der Waals surface area contributed by atoms with Crippen molar-refractivity contribution in [3.63, 3.8) is 0 Å². The molecule has 0 aliphatic carbocycles. The van der Waals surface area contributed by atoms with Gasteiger partial charge in [-0.05, 0) is 95.2 Å². The molecule has 2 atom stereocenters. The fourth-order valence-corrected chi connectivity index (χ4v) is 8.73. The minimum absolute atomic E-state index is 0.101. The van der Waals surface area contributed by atoms with E-state index in [-0.39, 0.29) is 36.5 Å². The predicted octanol–water partition coefficient (Wildman–Crippen LogP) is 9.04. The van der Waals surface area contributed by atoms with Crippen LogP contribution in [0.2, 0.25) is 0 Å². The van der Waals surface area contributed by atoms with Gasteiger partial charge in [0.2, 0.25) is 0 Å². The average Bonchev–Trinajstić information content (AvgIpc) is 3.09. The number of ether oxygens (including phenoxy) is 2. The van der Waals surface area contributed by atoms with Gasteiger partial charge in [0.25, 0.3) is 0 Å². The van der Waals surface area contributed by atoms with Gasteiger partial charge >= 0.3 is 11.9 Å². The molecular weight excluding hydrogens is 665 g/mol. The average molecular weight is 715 g/mol. The van der Waals surface area contributed by atoms with E-state index in [9.17, 15) is 28.2 Å². The lowest BCUT2D eigenvalue weighted by Crippen LogP contribution is -2.26. The Labute approximate surface area is 302 Å². The Bertz CT molecular complexity index is 1830. The Morgan fingerprint density at radius 2 is 0.941 bits per heavy atom. The van der Waals surface area contributed by atoms with Crippen LogP contribution in [-0.2, 0) is 42.1 Å². The first-order valence-corrected chi connectivity index (χ1v) is 18.9. The number of phenols is 2. The maximum absolute atomic E-state index is 14.7. The summed E-state index contributed by atoms with van der Waals surface area (Å²) < 4.78 is 40.7.